The summed E-state index contributed by atoms with van der Waals surface area (Å²) < 4.78 is 2.38. The Labute approximate surface area is 362 Å². The second-order valence-electron chi connectivity index (χ2n) is 15.7. The predicted octanol–water partition coefficient (Wildman–Crippen LogP) is 16.6. The molecule has 0 fully saturated rings. The molecule has 10 aromatic carbocycles. The molecule has 0 amide bonds. The maximum atomic E-state index is 2.38. The lowest BCUT2D eigenvalue weighted by molar-refractivity contribution is 1.18. The Balaban J connectivity index is 0.935. The molecule has 0 N–H and O–H groups in total. The van der Waals surface area contributed by atoms with E-state index in [4.69, 9.17) is 0 Å². The molecule has 62 heavy (non-hydrogen) atoms. The van der Waals surface area contributed by atoms with Gasteiger partial charge in [0.2, 0.25) is 0 Å². The first-order valence-corrected chi connectivity index (χ1v) is 21.3. The van der Waals surface area contributed by atoms with Gasteiger partial charge in [-0.1, -0.05) is 194 Å². The minimum absolute atomic E-state index is 1.09. The average Bonchev–Trinajstić information content (AvgIpc) is 3.70. The number of hydrogen-bond donors (Lipinski definition) is 0. The summed E-state index contributed by atoms with van der Waals surface area (Å²) in [5, 5.41) is 2.53. The molecule has 11 rings (SSSR count). The first-order chi connectivity index (χ1) is 30.8. The number of anilines is 3. The van der Waals surface area contributed by atoms with Gasteiger partial charge in [-0.2, -0.15) is 0 Å². The summed E-state index contributed by atoms with van der Waals surface area (Å²) in [6.45, 7) is 0. The highest BCUT2D eigenvalue weighted by Gasteiger charge is 2.18. The van der Waals surface area contributed by atoms with Crippen molar-refractivity contribution in [3.8, 4) is 61.3 Å². The van der Waals surface area contributed by atoms with Gasteiger partial charge < -0.3 is 9.47 Å². The van der Waals surface area contributed by atoms with Gasteiger partial charge >= 0.3 is 0 Å². The van der Waals surface area contributed by atoms with Crippen LogP contribution in [0.15, 0.2) is 255 Å². The van der Waals surface area contributed by atoms with Gasteiger partial charge in [0.1, 0.15) is 0 Å². The minimum atomic E-state index is 1.09. The van der Waals surface area contributed by atoms with Gasteiger partial charge in [-0.05, 0) is 116 Å². The van der Waals surface area contributed by atoms with Gasteiger partial charge in [0.15, 0.2) is 0 Å². The maximum absolute atomic E-state index is 2.38. The van der Waals surface area contributed by atoms with E-state index in [1.54, 1.807) is 0 Å². The number of aromatic nitrogens is 1. The molecule has 0 unspecified atom stereocenters. The molecule has 2 heteroatoms. The third-order valence-corrected chi connectivity index (χ3v) is 12.0. The molecule has 0 spiro atoms. The molecule has 0 aliphatic rings. The van der Waals surface area contributed by atoms with Crippen molar-refractivity contribution in [3.05, 3.63) is 255 Å². The van der Waals surface area contributed by atoms with Crippen molar-refractivity contribution >= 4 is 38.9 Å². The Kier molecular flexibility index (Phi) is 9.57. The second kappa shape index (κ2) is 16.1. The number of fused-ring (bicyclic) bond motifs is 3. The summed E-state index contributed by atoms with van der Waals surface area (Å²) in [6, 6.07) is 91.9. The lowest BCUT2D eigenvalue weighted by Crippen LogP contribution is -2.09. The SMILES string of the molecule is c1ccc(-c2ccccc2-c2ccccc2-c2ccccc2-c2ccc(N(c3ccccc3)c3ccc(-c4cccc(-n5c6ccccc6c6ccccc65)c4)cc3)cc2)cc1. The van der Waals surface area contributed by atoms with Crippen molar-refractivity contribution in [2.75, 3.05) is 4.90 Å². The van der Waals surface area contributed by atoms with Gasteiger partial charge in [-0.15, -0.1) is 0 Å². The van der Waals surface area contributed by atoms with Crippen LogP contribution in [0, 0.1) is 0 Å². The topological polar surface area (TPSA) is 8.17 Å². The summed E-state index contributed by atoms with van der Waals surface area (Å²) in [7, 11) is 0. The smallest absolute Gasteiger partial charge is 0.0541 e. The van der Waals surface area contributed by atoms with Crippen molar-refractivity contribution in [1.82, 2.24) is 4.57 Å². The Morgan fingerprint density at radius 1 is 0.242 bits per heavy atom. The van der Waals surface area contributed by atoms with E-state index in [-0.39, 0.29) is 0 Å². The quantitative estimate of drug-likeness (QED) is 0.141. The van der Waals surface area contributed by atoms with E-state index in [1.807, 2.05) is 0 Å². The zero-order valence-corrected chi connectivity index (χ0v) is 34.1. The van der Waals surface area contributed by atoms with Crippen LogP contribution in [0.3, 0.4) is 0 Å². The highest BCUT2D eigenvalue weighted by molar-refractivity contribution is 6.09. The maximum Gasteiger partial charge on any atom is 0.0541 e. The van der Waals surface area contributed by atoms with E-state index in [9.17, 15) is 0 Å². The molecule has 0 saturated carbocycles. The highest BCUT2D eigenvalue weighted by atomic mass is 15.1. The van der Waals surface area contributed by atoms with E-state index in [1.165, 1.54) is 77.4 Å². The Hall–Kier alpha value is -8.20. The van der Waals surface area contributed by atoms with Crippen molar-refractivity contribution in [2.24, 2.45) is 0 Å². The zero-order valence-electron chi connectivity index (χ0n) is 34.1. The fourth-order valence-corrected chi connectivity index (χ4v) is 9.15. The number of para-hydroxylation sites is 3. The Morgan fingerprint density at radius 3 is 1.15 bits per heavy atom. The fraction of sp³-hybridized carbons (Fsp3) is 0. The van der Waals surface area contributed by atoms with Crippen LogP contribution >= 0.6 is 0 Å². The van der Waals surface area contributed by atoms with Crippen molar-refractivity contribution in [3.63, 3.8) is 0 Å². The number of nitrogens with zero attached hydrogens (tertiary/aromatic N) is 2. The molecule has 0 atom stereocenters. The average molecular weight is 791 g/mol. The van der Waals surface area contributed by atoms with Gasteiger partial charge in [0, 0.05) is 33.5 Å². The van der Waals surface area contributed by atoms with Gasteiger partial charge in [0.05, 0.1) is 11.0 Å². The second-order valence-corrected chi connectivity index (χ2v) is 15.7. The molecule has 0 saturated heterocycles. The van der Waals surface area contributed by atoms with Crippen molar-refractivity contribution in [2.45, 2.75) is 0 Å². The molecule has 1 aromatic heterocycles. The van der Waals surface area contributed by atoms with Crippen LogP contribution in [-0.2, 0) is 0 Å². The molecule has 1 heterocycles. The van der Waals surface area contributed by atoms with Gasteiger partial charge in [0.25, 0.3) is 0 Å². The van der Waals surface area contributed by atoms with Crippen LogP contribution < -0.4 is 4.90 Å². The molecule has 2 nitrogen and oxygen atoms in total. The van der Waals surface area contributed by atoms with Crippen molar-refractivity contribution in [1.29, 1.82) is 0 Å². The first kappa shape index (κ1) is 36.8. The predicted molar refractivity (Wildman–Crippen MR) is 263 cm³/mol. The summed E-state index contributed by atoms with van der Waals surface area (Å²) >= 11 is 0. The highest BCUT2D eigenvalue weighted by Crippen LogP contribution is 2.43. The molecule has 0 aliphatic carbocycles. The van der Waals surface area contributed by atoms with Crippen molar-refractivity contribution < 1.29 is 0 Å². The Morgan fingerprint density at radius 2 is 0.613 bits per heavy atom. The normalized spacial score (nSPS) is 11.2. The van der Waals surface area contributed by atoms with Gasteiger partial charge in [-0.25, -0.2) is 0 Å². The zero-order chi connectivity index (χ0) is 41.2. The molecular formula is C60H42N2. The number of rotatable bonds is 9. The summed E-state index contributed by atoms with van der Waals surface area (Å²) in [6.07, 6.45) is 0. The third-order valence-electron chi connectivity index (χ3n) is 12.0. The van der Waals surface area contributed by atoms with E-state index in [0.29, 0.717) is 0 Å². The van der Waals surface area contributed by atoms with Crippen LogP contribution in [0.1, 0.15) is 0 Å². The van der Waals surface area contributed by atoms with E-state index in [0.717, 1.165) is 22.7 Å². The van der Waals surface area contributed by atoms with E-state index >= 15 is 0 Å². The molecule has 0 radical (unpaired) electrons. The number of hydrogen-bond acceptors (Lipinski definition) is 1. The lowest BCUT2D eigenvalue weighted by atomic mass is 9.87. The van der Waals surface area contributed by atoms with Gasteiger partial charge in [-0.3, -0.25) is 0 Å². The molecule has 11 aromatic rings. The summed E-state index contributed by atoms with van der Waals surface area (Å²) in [5.41, 5.74) is 18.9. The molecule has 292 valence electrons. The summed E-state index contributed by atoms with van der Waals surface area (Å²) in [4.78, 5) is 2.34. The van der Waals surface area contributed by atoms with E-state index in [2.05, 4.69) is 264 Å². The fourth-order valence-electron chi connectivity index (χ4n) is 9.15. The van der Waals surface area contributed by atoms with Crippen LogP contribution in [-0.4, -0.2) is 4.57 Å². The van der Waals surface area contributed by atoms with Crippen LogP contribution in [0.25, 0.3) is 83.1 Å². The molecule has 0 aliphatic heterocycles. The monoisotopic (exact) mass is 790 g/mol. The Bertz CT molecular complexity index is 3270. The first-order valence-electron chi connectivity index (χ1n) is 21.3. The minimum Gasteiger partial charge on any atom is -0.311 e. The lowest BCUT2D eigenvalue weighted by Gasteiger charge is -2.26. The number of benzene rings is 10. The van der Waals surface area contributed by atoms with E-state index < -0.39 is 0 Å². The molecular weight excluding hydrogens is 749 g/mol. The largest absolute Gasteiger partial charge is 0.311 e. The summed E-state index contributed by atoms with van der Waals surface area (Å²) in [5.74, 6) is 0. The standard InChI is InChI=1S/C60H42N2/c1-3-18-44(19-4-1)51-24-7-9-26-53(51)55-28-11-12-29-56(55)54-27-10-8-25-52(54)45-36-40-49(41-37-45)61(47-21-5-2-6-22-47)48-38-34-43(35-39-48)46-20-17-23-50(42-46)62-59-32-15-13-30-57(59)58-31-14-16-33-60(58)62/h1-42H. The molecule has 0 bridgehead atoms. The van der Waals surface area contributed by atoms with Crippen LogP contribution in [0.4, 0.5) is 17.1 Å². The third kappa shape index (κ3) is 6.74. The van der Waals surface area contributed by atoms with Crippen LogP contribution in [0.2, 0.25) is 0 Å². The van der Waals surface area contributed by atoms with Crippen LogP contribution in [0.5, 0.6) is 0 Å².